The molecule has 2 unspecified atom stereocenters. The predicted octanol–water partition coefficient (Wildman–Crippen LogP) is 8.01. The van der Waals surface area contributed by atoms with E-state index in [0.29, 0.717) is 17.9 Å². The lowest BCUT2D eigenvalue weighted by atomic mass is 10.2. The van der Waals surface area contributed by atoms with Gasteiger partial charge in [0.2, 0.25) is 5.91 Å². The Kier molecular flexibility index (Phi) is 19.9. The zero-order chi connectivity index (χ0) is 35.9. The Hall–Kier alpha value is -3.19. The molecule has 3 rings (SSSR count). The molecular formula is C36H49BrN5O6PS. The van der Waals surface area contributed by atoms with E-state index in [1.807, 2.05) is 0 Å². The lowest BCUT2D eigenvalue weighted by Gasteiger charge is -2.22. The minimum atomic E-state index is -3.86. The standard InChI is InChI=1S/C36H49BrN5O6PS/c1-2-3-4-5-6-7-8-9-10-11-12-13-14-15-16-17-18-19-33(43)39-25-26-40-49(45,48-31-22-20-30(37)21-23-31)46-28-35-47-34(29-50-35)42-27-24-32(38)41-36(42)44/h3-4,6-7,9-10,12-13,15-16,20-24,27,34-35H,2,5,8,11,14,17-19,25-26,28-29H2,1H3,(H,39,43)(H,40,45)(H2,38,41,44)/b4-3-,7-6-,10-9-,13-12-,16-15-/t34?,35-,49?/m1/s1. The third kappa shape index (κ3) is 17.2. The van der Waals surface area contributed by atoms with Crippen LogP contribution >= 0.6 is 35.4 Å². The highest BCUT2D eigenvalue weighted by molar-refractivity contribution is 9.10. The van der Waals surface area contributed by atoms with Crippen molar-refractivity contribution >= 4 is 47.2 Å². The summed E-state index contributed by atoms with van der Waals surface area (Å²) in [6.45, 7) is 2.46. The summed E-state index contributed by atoms with van der Waals surface area (Å²) in [6, 6.07) is 8.38. The van der Waals surface area contributed by atoms with E-state index in [1.54, 1.807) is 24.3 Å². The number of carbonyl (C=O) groups is 1. The van der Waals surface area contributed by atoms with Gasteiger partial charge in [-0.25, -0.2) is 14.4 Å². The number of aromatic nitrogens is 2. The first-order chi connectivity index (χ1) is 24.3. The molecule has 0 radical (unpaired) electrons. The lowest BCUT2D eigenvalue weighted by Crippen LogP contribution is -2.32. The molecule has 1 aromatic carbocycles. The molecule has 0 spiro atoms. The van der Waals surface area contributed by atoms with Crippen LogP contribution in [0.4, 0.5) is 5.82 Å². The summed E-state index contributed by atoms with van der Waals surface area (Å²) in [4.78, 5) is 28.3. The molecule has 11 nitrogen and oxygen atoms in total. The molecule has 0 bridgehead atoms. The molecule has 4 N–H and O–H groups in total. The Labute approximate surface area is 308 Å². The molecule has 50 heavy (non-hydrogen) atoms. The van der Waals surface area contributed by atoms with E-state index in [-0.39, 0.29) is 31.4 Å². The van der Waals surface area contributed by atoms with E-state index in [2.05, 4.69) is 99.0 Å². The van der Waals surface area contributed by atoms with Crippen molar-refractivity contribution in [1.82, 2.24) is 20.0 Å². The van der Waals surface area contributed by atoms with Crippen LogP contribution < -0.4 is 26.4 Å². The number of ether oxygens (including phenoxy) is 1. The minimum Gasteiger partial charge on any atom is -0.413 e. The topological polar surface area (TPSA) is 147 Å². The molecule has 1 aliphatic rings. The van der Waals surface area contributed by atoms with Crippen LogP contribution in [-0.2, 0) is 18.6 Å². The zero-order valence-corrected chi connectivity index (χ0v) is 31.8. The van der Waals surface area contributed by atoms with Gasteiger partial charge in [0.05, 0.1) is 6.61 Å². The molecule has 2 heterocycles. The molecule has 1 amide bonds. The molecule has 0 aliphatic carbocycles. The summed E-state index contributed by atoms with van der Waals surface area (Å²) in [5.74, 6) is 0.864. The number of halogens is 1. The first-order valence-electron chi connectivity index (χ1n) is 16.9. The molecule has 1 saturated heterocycles. The van der Waals surface area contributed by atoms with Crippen LogP contribution in [0, 0.1) is 0 Å². The van der Waals surface area contributed by atoms with Crippen molar-refractivity contribution in [2.24, 2.45) is 0 Å². The molecule has 2 aromatic rings. The molecule has 14 heteroatoms. The largest absolute Gasteiger partial charge is 0.458 e. The van der Waals surface area contributed by atoms with Crippen LogP contribution in [0.25, 0.3) is 0 Å². The molecule has 0 saturated carbocycles. The summed E-state index contributed by atoms with van der Waals surface area (Å²) < 4.78 is 33.4. The maximum Gasteiger partial charge on any atom is 0.458 e. The first kappa shape index (κ1) is 41.2. The lowest BCUT2D eigenvalue weighted by molar-refractivity contribution is -0.121. The van der Waals surface area contributed by atoms with Crippen LogP contribution in [0.15, 0.2) is 107 Å². The van der Waals surface area contributed by atoms with Crippen molar-refractivity contribution in [3.05, 3.63) is 112 Å². The molecule has 1 fully saturated rings. The van der Waals surface area contributed by atoms with Gasteiger partial charge in [-0.05, 0) is 75.3 Å². The van der Waals surface area contributed by atoms with Crippen LogP contribution in [0.1, 0.15) is 64.5 Å². The van der Waals surface area contributed by atoms with Crippen LogP contribution in [0.3, 0.4) is 0 Å². The van der Waals surface area contributed by atoms with Gasteiger partial charge in [-0.1, -0.05) is 83.6 Å². The normalized spacial score (nSPS) is 17.9. The Bertz CT molecular complexity index is 1560. The average molecular weight is 791 g/mol. The summed E-state index contributed by atoms with van der Waals surface area (Å²) in [5.41, 5.74) is 4.57. The number of anilines is 1. The number of hydrogen-bond donors (Lipinski definition) is 3. The number of hydrogen-bond acceptors (Lipinski definition) is 9. The van der Waals surface area contributed by atoms with Gasteiger partial charge in [0.25, 0.3) is 0 Å². The molecule has 1 aliphatic heterocycles. The van der Waals surface area contributed by atoms with Crippen molar-refractivity contribution in [2.45, 2.75) is 70.0 Å². The Morgan fingerprint density at radius 1 is 1.02 bits per heavy atom. The maximum atomic E-state index is 13.7. The molecule has 272 valence electrons. The number of allylic oxidation sites excluding steroid dienone is 10. The SMILES string of the molecule is CC/C=C\C/C=C\C/C=C\C/C=C\C/C=C\CCCC(=O)NCCNP(=O)(OC[C@@H]1OC(n2ccc(N)nc2=O)CS1)Oc1ccc(Br)cc1. The van der Waals surface area contributed by atoms with Gasteiger partial charge in [0.1, 0.15) is 23.2 Å². The van der Waals surface area contributed by atoms with Crippen molar-refractivity contribution in [3.8, 4) is 5.75 Å². The smallest absolute Gasteiger partial charge is 0.413 e. The van der Waals surface area contributed by atoms with Gasteiger partial charge in [0, 0.05) is 35.9 Å². The van der Waals surface area contributed by atoms with Gasteiger partial charge >= 0.3 is 13.4 Å². The fraction of sp³-hybridized carbons (Fsp3) is 0.417. The molecular weight excluding hydrogens is 741 g/mol. The van der Waals surface area contributed by atoms with Crippen molar-refractivity contribution < 1.29 is 23.1 Å². The zero-order valence-electron chi connectivity index (χ0n) is 28.5. The summed E-state index contributed by atoms with van der Waals surface area (Å²) in [5, 5.41) is 5.68. The Morgan fingerprint density at radius 2 is 1.66 bits per heavy atom. The van der Waals surface area contributed by atoms with Gasteiger partial charge in [-0.3, -0.25) is 13.9 Å². The van der Waals surface area contributed by atoms with Gasteiger partial charge < -0.3 is 20.3 Å². The first-order valence-corrected chi connectivity index (χ1v) is 20.2. The van der Waals surface area contributed by atoms with Crippen molar-refractivity contribution in [1.29, 1.82) is 0 Å². The number of nitrogens with one attached hydrogen (secondary N) is 2. The van der Waals surface area contributed by atoms with Crippen molar-refractivity contribution in [2.75, 3.05) is 31.2 Å². The Balaban J connectivity index is 1.32. The van der Waals surface area contributed by atoms with Crippen molar-refractivity contribution in [3.63, 3.8) is 0 Å². The number of nitrogens with two attached hydrogens (primary N) is 1. The second-order valence-electron chi connectivity index (χ2n) is 11.1. The number of benzene rings is 1. The summed E-state index contributed by atoms with van der Waals surface area (Å²) >= 11 is 4.79. The fourth-order valence-corrected chi connectivity index (χ4v) is 7.13. The van der Waals surface area contributed by atoms with Gasteiger partial charge in [0.15, 0.2) is 0 Å². The number of amides is 1. The fourth-order valence-electron chi connectivity index (χ4n) is 4.45. The summed E-state index contributed by atoms with van der Waals surface area (Å²) in [6.07, 6.45) is 29.3. The summed E-state index contributed by atoms with van der Waals surface area (Å²) in [7, 11) is -3.86. The number of rotatable bonds is 23. The molecule has 3 atom stereocenters. The van der Waals surface area contributed by atoms with Crippen LogP contribution in [0.5, 0.6) is 5.75 Å². The van der Waals surface area contributed by atoms with Gasteiger partial charge in [-0.15, -0.1) is 11.8 Å². The minimum absolute atomic E-state index is 0.0682. The second-order valence-corrected chi connectivity index (χ2v) is 15.0. The predicted molar refractivity (Wildman–Crippen MR) is 207 cm³/mol. The van der Waals surface area contributed by atoms with E-state index in [0.717, 1.165) is 49.4 Å². The maximum absolute atomic E-state index is 13.7. The van der Waals surface area contributed by atoms with Gasteiger partial charge in [-0.2, -0.15) is 4.98 Å². The van der Waals surface area contributed by atoms with E-state index >= 15 is 0 Å². The number of nitrogens with zero attached hydrogens (tertiary/aromatic N) is 2. The number of nitrogen functional groups attached to an aromatic ring is 1. The van der Waals surface area contributed by atoms with E-state index in [9.17, 15) is 14.2 Å². The second kappa shape index (κ2) is 24.1. The van der Waals surface area contributed by atoms with Crippen LogP contribution in [0.2, 0.25) is 0 Å². The quantitative estimate of drug-likeness (QED) is 0.0575. The number of unbranched alkanes of at least 4 members (excludes halogenated alkanes) is 1. The Morgan fingerprint density at radius 3 is 2.30 bits per heavy atom. The highest BCUT2D eigenvalue weighted by atomic mass is 79.9. The monoisotopic (exact) mass is 789 g/mol. The highest BCUT2D eigenvalue weighted by Gasteiger charge is 2.33. The highest BCUT2D eigenvalue weighted by Crippen LogP contribution is 2.45. The third-order valence-electron chi connectivity index (χ3n) is 7.00. The van der Waals surface area contributed by atoms with E-state index in [4.69, 9.17) is 19.5 Å². The van der Waals surface area contributed by atoms with E-state index in [1.165, 1.54) is 28.6 Å². The number of thioether (sulfide) groups is 1. The number of carbonyl (C=O) groups excluding carboxylic acids is 1. The third-order valence-corrected chi connectivity index (χ3v) is 10.2. The van der Waals surface area contributed by atoms with E-state index < -0.39 is 25.1 Å². The molecule has 1 aromatic heterocycles. The average Bonchev–Trinajstić information content (AvgIpc) is 3.57. The van der Waals surface area contributed by atoms with Crippen LogP contribution in [-0.4, -0.2) is 46.3 Å².